The number of nitrogens with zero attached hydrogens (tertiary/aromatic N) is 2. The SMILES string of the molecule is C1=[N+](c2ccccc2)C(c2ccc(-c3cc4c(c5ccccc35)-c3c(c5ccccc5c5ccccc35)C43c4ccccc4-c4ccccc43)cc2)[n+]2ccccc21. The highest BCUT2D eigenvalue weighted by Crippen LogP contribution is 2.67. The van der Waals surface area contributed by atoms with Crippen LogP contribution in [0.4, 0.5) is 5.69 Å². The number of para-hydroxylation sites is 1. The first kappa shape index (κ1) is 31.7. The molecule has 0 saturated carbocycles. The van der Waals surface area contributed by atoms with Gasteiger partial charge in [-0.1, -0.05) is 152 Å². The van der Waals surface area contributed by atoms with E-state index >= 15 is 0 Å². The fourth-order valence-corrected chi connectivity index (χ4v) is 11.0. The lowest BCUT2D eigenvalue weighted by Crippen LogP contribution is -2.42. The molecule has 13 rings (SSSR count). The molecule has 0 fully saturated rings. The molecule has 1 atom stereocenters. The maximum Gasteiger partial charge on any atom is 0.380 e. The van der Waals surface area contributed by atoms with E-state index in [1.54, 1.807) is 0 Å². The van der Waals surface area contributed by atoms with Gasteiger partial charge in [0.15, 0.2) is 6.20 Å². The van der Waals surface area contributed by atoms with Crippen LogP contribution in [-0.4, -0.2) is 10.8 Å². The molecule has 0 bridgehead atoms. The zero-order valence-corrected chi connectivity index (χ0v) is 31.7. The summed E-state index contributed by atoms with van der Waals surface area (Å²) in [5, 5.41) is 7.81. The Balaban J connectivity index is 1.11. The first-order valence-electron chi connectivity index (χ1n) is 20.3. The normalized spacial score (nSPS) is 15.3. The topological polar surface area (TPSA) is 6.89 Å². The van der Waals surface area contributed by atoms with E-state index in [1.165, 1.54) is 105 Å². The van der Waals surface area contributed by atoms with E-state index in [0.717, 1.165) is 0 Å². The largest absolute Gasteiger partial charge is 0.380 e. The van der Waals surface area contributed by atoms with Crippen molar-refractivity contribution in [2.75, 3.05) is 0 Å². The van der Waals surface area contributed by atoms with Crippen molar-refractivity contribution in [3.8, 4) is 33.4 Å². The van der Waals surface area contributed by atoms with Crippen LogP contribution < -0.4 is 4.57 Å². The fourth-order valence-electron chi connectivity index (χ4n) is 11.0. The summed E-state index contributed by atoms with van der Waals surface area (Å²) < 4.78 is 4.76. The molecular formula is C56H36N2+2. The van der Waals surface area contributed by atoms with Gasteiger partial charge in [0.05, 0.1) is 11.0 Å². The number of hydrogen-bond donors (Lipinski definition) is 0. The minimum Gasteiger partial charge on any atom is -0.127 e. The van der Waals surface area contributed by atoms with Crippen molar-refractivity contribution >= 4 is 44.2 Å². The number of aromatic nitrogens is 1. The van der Waals surface area contributed by atoms with Crippen molar-refractivity contribution in [3.63, 3.8) is 0 Å². The van der Waals surface area contributed by atoms with Gasteiger partial charge in [0.1, 0.15) is 0 Å². The van der Waals surface area contributed by atoms with Crippen LogP contribution in [0.2, 0.25) is 0 Å². The molecule has 0 radical (unpaired) electrons. The lowest BCUT2D eigenvalue weighted by molar-refractivity contribution is -0.830. The molecule has 2 aliphatic carbocycles. The minimum absolute atomic E-state index is 0.00948. The van der Waals surface area contributed by atoms with Gasteiger partial charge in [-0.2, -0.15) is 0 Å². The van der Waals surface area contributed by atoms with E-state index < -0.39 is 5.41 Å². The molecule has 2 heterocycles. The van der Waals surface area contributed by atoms with Gasteiger partial charge in [-0.15, -0.1) is 9.14 Å². The molecule has 0 saturated heterocycles. The maximum atomic E-state index is 2.57. The summed E-state index contributed by atoms with van der Waals surface area (Å²) in [7, 11) is 0. The summed E-state index contributed by atoms with van der Waals surface area (Å²) in [5.74, 6) is 0. The Morgan fingerprint density at radius 2 is 0.948 bits per heavy atom. The number of fused-ring (bicyclic) bond motifs is 18. The highest BCUT2D eigenvalue weighted by molar-refractivity contribution is 6.24. The Kier molecular flexibility index (Phi) is 6.46. The average molecular weight is 737 g/mol. The zero-order chi connectivity index (χ0) is 38.0. The second-order valence-corrected chi connectivity index (χ2v) is 16.0. The third-order valence-corrected chi connectivity index (χ3v) is 13.3. The van der Waals surface area contributed by atoms with Gasteiger partial charge in [-0.3, -0.25) is 0 Å². The Morgan fingerprint density at radius 3 is 1.66 bits per heavy atom. The molecule has 0 amide bonds. The standard InChI is InChI=1S/C56H36N2/c1-2-16-38(17-3-1)58-35-39-18-14-15-33-57(39)55(58)37-31-29-36(30-32-37)48-34-51-52(45-24-7-5-21-42(45)48)53-46-25-8-4-19-40(46)41-20-6-9-26-47(41)54(53)56(51)49-27-12-10-22-43(49)44-23-11-13-28-50(44)56/h1-35,55H/q+2. The molecule has 1 spiro atoms. The fraction of sp³-hybridized carbons (Fsp3) is 0.0357. The minimum atomic E-state index is -0.504. The third kappa shape index (κ3) is 4.06. The van der Waals surface area contributed by atoms with Gasteiger partial charge in [-0.25, -0.2) is 0 Å². The first-order valence-corrected chi connectivity index (χ1v) is 20.3. The van der Waals surface area contributed by atoms with Crippen molar-refractivity contribution < 1.29 is 9.14 Å². The van der Waals surface area contributed by atoms with Crippen molar-refractivity contribution in [1.82, 2.24) is 0 Å². The van der Waals surface area contributed by atoms with Crippen LogP contribution >= 0.6 is 0 Å². The number of hydrogen-bond acceptors (Lipinski definition) is 0. The molecule has 3 aliphatic rings. The smallest absolute Gasteiger partial charge is 0.127 e. The molecule has 1 aliphatic heterocycles. The van der Waals surface area contributed by atoms with Crippen LogP contribution in [-0.2, 0) is 5.41 Å². The molecule has 2 nitrogen and oxygen atoms in total. The van der Waals surface area contributed by atoms with Crippen molar-refractivity contribution in [2.45, 2.75) is 11.6 Å². The number of benzene rings is 9. The first-order chi connectivity index (χ1) is 28.8. The van der Waals surface area contributed by atoms with Crippen molar-refractivity contribution in [1.29, 1.82) is 0 Å². The van der Waals surface area contributed by atoms with Crippen LogP contribution in [0, 0.1) is 0 Å². The highest BCUT2D eigenvalue weighted by Gasteiger charge is 2.53. The predicted molar refractivity (Wildman–Crippen MR) is 237 cm³/mol. The van der Waals surface area contributed by atoms with Crippen molar-refractivity contribution in [2.24, 2.45) is 0 Å². The third-order valence-electron chi connectivity index (χ3n) is 13.3. The molecule has 10 aromatic rings. The van der Waals surface area contributed by atoms with E-state index in [2.05, 4.69) is 222 Å². The lowest BCUT2D eigenvalue weighted by atomic mass is 9.68. The van der Waals surface area contributed by atoms with Crippen molar-refractivity contribution in [3.05, 3.63) is 240 Å². The second-order valence-electron chi connectivity index (χ2n) is 16.0. The zero-order valence-electron chi connectivity index (χ0n) is 31.7. The number of rotatable bonds is 3. The summed E-state index contributed by atoms with van der Waals surface area (Å²) in [6.07, 6.45) is 4.47. The Bertz CT molecular complexity index is 3350. The molecule has 268 valence electrons. The summed E-state index contributed by atoms with van der Waals surface area (Å²) in [6.45, 7) is 0. The average Bonchev–Trinajstić information content (AvgIpc) is 3.94. The van der Waals surface area contributed by atoms with E-state index in [1.807, 2.05) is 0 Å². The Hall–Kier alpha value is -7.42. The summed E-state index contributed by atoms with van der Waals surface area (Å²) in [5.41, 5.74) is 16.4. The van der Waals surface area contributed by atoms with E-state index in [4.69, 9.17) is 0 Å². The van der Waals surface area contributed by atoms with Gasteiger partial charge < -0.3 is 0 Å². The quantitative estimate of drug-likeness (QED) is 0.126. The molecule has 9 aromatic carbocycles. The lowest BCUT2D eigenvalue weighted by Gasteiger charge is -2.32. The van der Waals surface area contributed by atoms with Gasteiger partial charge in [0, 0.05) is 24.3 Å². The molecule has 1 unspecified atom stereocenters. The molecular weight excluding hydrogens is 701 g/mol. The van der Waals surface area contributed by atoms with Crippen LogP contribution in [0.15, 0.2) is 206 Å². The molecule has 58 heavy (non-hydrogen) atoms. The molecule has 1 aromatic heterocycles. The van der Waals surface area contributed by atoms with E-state index in [9.17, 15) is 0 Å². The highest BCUT2D eigenvalue weighted by atomic mass is 15.3. The van der Waals surface area contributed by atoms with Crippen LogP contribution in [0.5, 0.6) is 0 Å². The van der Waals surface area contributed by atoms with Gasteiger partial charge in [-0.05, 0) is 112 Å². The van der Waals surface area contributed by atoms with Crippen LogP contribution in [0.1, 0.15) is 39.7 Å². The van der Waals surface area contributed by atoms with Gasteiger partial charge in [0.2, 0.25) is 11.9 Å². The Morgan fingerprint density at radius 1 is 0.397 bits per heavy atom. The molecule has 0 N–H and O–H groups in total. The van der Waals surface area contributed by atoms with E-state index in [-0.39, 0.29) is 6.17 Å². The van der Waals surface area contributed by atoms with E-state index in [0.29, 0.717) is 0 Å². The maximum absolute atomic E-state index is 2.57. The summed E-state index contributed by atoms with van der Waals surface area (Å²) in [6, 6.07) is 74.8. The van der Waals surface area contributed by atoms with Crippen LogP contribution in [0.25, 0.3) is 65.7 Å². The Labute approximate surface area is 336 Å². The monoisotopic (exact) mass is 736 g/mol. The predicted octanol–water partition coefficient (Wildman–Crippen LogP) is 12.8. The molecule has 2 heteroatoms. The number of pyridine rings is 1. The van der Waals surface area contributed by atoms with Gasteiger partial charge in [0.25, 0.3) is 5.69 Å². The van der Waals surface area contributed by atoms with Gasteiger partial charge >= 0.3 is 6.17 Å². The summed E-state index contributed by atoms with van der Waals surface area (Å²) >= 11 is 0. The second kappa shape index (κ2) is 11.8. The van der Waals surface area contributed by atoms with Crippen LogP contribution in [0.3, 0.4) is 0 Å². The summed E-state index contributed by atoms with van der Waals surface area (Å²) in [4.78, 5) is 0.